The van der Waals surface area contributed by atoms with E-state index in [2.05, 4.69) is 10.9 Å². The summed E-state index contributed by atoms with van der Waals surface area (Å²) in [6.07, 6.45) is -1.45. The summed E-state index contributed by atoms with van der Waals surface area (Å²) in [5, 5.41) is 9.76. The van der Waals surface area contributed by atoms with Crippen molar-refractivity contribution in [2.45, 2.75) is 6.10 Å². The SMILES string of the molecule is O=C(NNc1cc(F)c(F)c(F)c1)C(O)c1ccccc1. The van der Waals surface area contributed by atoms with Crippen LogP contribution in [0.4, 0.5) is 18.9 Å². The van der Waals surface area contributed by atoms with Gasteiger partial charge in [0, 0.05) is 12.1 Å². The molecule has 0 aliphatic carbocycles. The fraction of sp³-hybridized carbons (Fsp3) is 0.0714. The molecule has 0 saturated heterocycles. The van der Waals surface area contributed by atoms with Crippen molar-refractivity contribution in [2.75, 3.05) is 5.43 Å². The molecule has 21 heavy (non-hydrogen) atoms. The molecule has 2 aromatic carbocycles. The molecule has 0 spiro atoms. The maximum atomic E-state index is 13.0. The van der Waals surface area contributed by atoms with Crippen molar-refractivity contribution in [3.8, 4) is 0 Å². The summed E-state index contributed by atoms with van der Waals surface area (Å²) in [7, 11) is 0. The normalized spacial score (nSPS) is 11.8. The quantitative estimate of drug-likeness (QED) is 0.599. The van der Waals surface area contributed by atoms with Crippen molar-refractivity contribution >= 4 is 11.6 Å². The summed E-state index contributed by atoms with van der Waals surface area (Å²) in [6.45, 7) is 0. The number of amides is 1. The van der Waals surface area contributed by atoms with Crippen molar-refractivity contribution in [1.82, 2.24) is 5.43 Å². The van der Waals surface area contributed by atoms with Gasteiger partial charge in [0.25, 0.3) is 5.91 Å². The third-order valence-corrected chi connectivity index (χ3v) is 2.68. The molecule has 0 fully saturated rings. The van der Waals surface area contributed by atoms with E-state index in [1.807, 2.05) is 0 Å². The lowest BCUT2D eigenvalue weighted by Crippen LogP contribution is -2.34. The number of carbonyl (C=O) groups is 1. The summed E-state index contributed by atoms with van der Waals surface area (Å²) in [5.41, 5.74) is 4.43. The molecule has 1 unspecified atom stereocenters. The van der Waals surface area contributed by atoms with Gasteiger partial charge >= 0.3 is 0 Å². The lowest BCUT2D eigenvalue weighted by Gasteiger charge is -2.13. The Morgan fingerprint density at radius 3 is 2.19 bits per heavy atom. The van der Waals surface area contributed by atoms with Crippen LogP contribution in [0.15, 0.2) is 42.5 Å². The average Bonchev–Trinajstić information content (AvgIpc) is 2.50. The van der Waals surface area contributed by atoms with Gasteiger partial charge in [0.05, 0.1) is 5.69 Å². The van der Waals surface area contributed by atoms with Gasteiger partial charge in [0.15, 0.2) is 23.6 Å². The average molecular weight is 296 g/mol. The first-order valence-corrected chi connectivity index (χ1v) is 5.92. The largest absolute Gasteiger partial charge is 0.378 e. The van der Waals surface area contributed by atoms with Crippen LogP contribution in [-0.2, 0) is 4.79 Å². The molecule has 0 radical (unpaired) electrons. The van der Waals surface area contributed by atoms with Gasteiger partial charge in [-0.3, -0.25) is 15.6 Å². The second-order valence-corrected chi connectivity index (χ2v) is 4.18. The lowest BCUT2D eigenvalue weighted by atomic mass is 10.1. The van der Waals surface area contributed by atoms with E-state index in [4.69, 9.17) is 0 Å². The van der Waals surface area contributed by atoms with Crippen LogP contribution >= 0.6 is 0 Å². The van der Waals surface area contributed by atoms with Crippen molar-refractivity contribution in [2.24, 2.45) is 0 Å². The highest BCUT2D eigenvalue weighted by Gasteiger charge is 2.17. The first kappa shape index (κ1) is 14.9. The monoisotopic (exact) mass is 296 g/mol. The predicted molar refractivity (Wildman–Crippen MR) is 69.5 cm³/mol. The Hall–Kier alpha value is -2.54. The molecule has 110 valence electrons. The van der Waals surface area contributed by atoms with Crippen molar-refractivity contribution in [3.05, 3.63) is 65.5 Å². The Bertz CT molecular complexity index is 627. The van der Waals surface area contributed by atoms with Crippen LogP contribution in [0.1, 0.15) is 11.7 Å². The molecular weight excluding hydrogens is 285 g/mol. The van der Waals surface area contributed by atoms with Gasteiger partial charge in [-0.05, 0) is 5.56 Å². The summed E-state index contributed by atoms with van der Waals surface area (Å²) < 4.78 is 38.7. The molecule has 0 aliphatic heterocycles. The maximum Gasteiger partial charge on any atom is 0.271 e. The summed E-state index contributed by atoms with van der Waals surface area (Å²) in [4.78, 5) is 11.7. The topological polar surface area (TPSA) is 61.4 Å². The van der Waals surface area contributed by atoms with E-state index in [-0.39, 0.29) is 5.69 Å². The minimum atomic E-state index is -1.60. The molecule has 0 aliphatic rings. The number of hydrogen-bond acceptors (Lipinski definition) is 3. The zero-order chi connectivity index (χ0) is 15.4. The van der Waals surface area contributed by atoms with E-state index < -0.39 is 29.5 Å². The minimum Gasteiger partial charge on any atom is -0.378 e. The second-order valence-electron chi connectivity index (χ2n) is 4.18. The Balaban J connectivity index is 2.01. The molecule has 1 atom stereocenters. The van der Waals surface area contributed by atoms with Crippen LogP contribution in [0.5, 0.6) is 0 Å². The van der Waals surface area contributed by atoms with Crippen LogP contribution in [0.25, 0.3) is 0 Å². The summed E-state index contributed by atoms with van der Waals surface area (Å²) >= 11 is 0. The third-order valence-electron chi connectivity index (χ3n) is 2.68. The van der Waals surface area contributed by atoms with E-state index in [0.29, 0.717) is 17.7 Å². The number of aliphatic hydroxyl groups excluding tert-OH is 1. The van der Waals surface area contributed by atoms with Gasteiger partial charge in [0.1, 0.15) is 0 Å². The fourth-order valence-electron chi connectivity index (χ4n) is 1.62. The van der Waals surface area contributed by atoms with E-state index in [0.717, 1.165) is 0 Å². The number of benzene rings is 2. The molecule has 2 aromatic rings. The zero-order valence-electron chi connectivity index (χ0n) is 10.6. The Kier molecular flexibility index (Phi) is 4.44. The Morgan fingerprint density at radius 2 is 1.62 bits per heavy atom. The molecule has 3 N–H and O–H groups in total. The van der Waals surface area contributed by atoms with Gasteiger partial charge in [-0.2, -0.15) is 0 Å². The van der Waals surface area contributed by atoms with Crippen LogP contribution in [0, 0.1) is 17.5 Å². The van der Waals surface area contributed by atoms with Crippen LogP contribution in [0.2, 0.25) is 0 Å². The number of hydrazine groups is 1. The van der Waals surface area contributed by atoms with Crippen molar-refractivity contribution in [3.63, 3.8) is 0 Å². The van der Waals surface area contributed by atoms with Crippen LogP contribution in [-0.4, -0.2) is 11.0 Å². The Labute approximate surface area is 118 Å². The maximum absolute atomic E-state index is 13.0. The summed E-state index contributed by atoms with van der Waals surface area (Å²) in [5.74, 6) is -5.21. The highest BCUT2D eigenvalue weighted by atomic mass is 19.2. The van der Waals surface area contributed by atoms with Crippen molar-refractivity contribution in [1.29, 1.82) is 0 Å². The highest BCUT2D eigenvalue weighted by molar-refractivity contribution is 5.83. The molecule has 7 heteroatoms. The van der Waals surface area contributed by atoms with Gasteiger partial charge < -0.3 is 5.11 Å². The second kappa shape index (κ2) is 6.27. The zero-order valence-corrected chi connectivity index (χ0v) is 10.6. The number of rotatable bonds is 4. The highest BCUT2D eigenvalue weighted by Crippen LogP contribution is 2.17. The molecule has 0 heterocycles. The third kappa shape index (κ3) is 3.51. The Morgan fingerprint density at radius 1 is 1.05 bits per heavy atom. The molecule has 0 bridgehead atoms. The fourth-order valence-corrected chi connectivity index (χ4v) is 1.62. The number of halogens is 3. The molecule has 0 aromatic heterocycles. The standard InChI is InChI=1S/C14H11F3N2O2/c15-10-6-9(7-11(16)12(10)17)18-19-14(21)13(20)8-4-2-1-3-5-8/h1-7,13,18,20H,(H,19,21). The van der Waals surface area contributed by atoms with Gasteiger partial charge in [-0.15, -0.1) is 0 Å². The predicted octanol–water partition coefficient (Wildman–Crippen LogP) is 2.28. The number of anilines is 1. The number of aliphatic hydroxyl groups is 1. The van der Waals surface area contributed by atoms with E-state index in [1.54, 1.807) is 30.3 Å². The molecule has 4 nitrogen and oxygen atoms in total. The van der Waals surface area contributed by atoms with E-state index in [1.165, 1.54) is 0 Å². The van der Waals surface area contributed by atoms with Gasteiger partial charge in [0.2, 0.25) is 0 Å². The first-order valence-electron chi connectivity index (χ1n) is 5.92. The van der Waals surface area contributed by atoms with Crippen LogP contribution < -0.4 is 10.9 Å². The van der Waals surface area contributed by atoms with Crippen LogP contribution in [0.3, 0.4) is 0 Å². The lowest BCUT2D eigenvalue weighted by molar-refractivity contribution is -0.129. The molecule has 2 rings (SSSR count). The summed E-state index contributed by atoms with van der Waals surface area (Å²) in [6, 6.07) is 9.44. The smallest absolute Gasteiger partial charge is 0.271 e. The van der Waals surface area contributed by atoms with Gasteiger partial charge in [-0.1, -0.05) is 30.3 Å². The van der Waals surface area contributed by atoms with E-state index in [9.17, 15) is 23.1 Å². The molecular formula is C14H11F3N2O2. The number of hydrogen-bond donors (Lipinski definition) is 3. The number of carbonyl (C=O) groups excluding carboxylic acids is 1. The van der Waals surface area contributed by atoms with E-state index >= 15 is 0 Å². The minimum absolute atomic E-state index is 0.194. The first-order chi connectivity index (χ1) is 9.99. The number of nitrogens with one attached hydrogen (secondary N) is 2. The molecule has 1 amide bonds. The molecule has 0 saturated carbocycles. The van der Waals surface area contributed by atoms with Crippen molar-refractivity contribution < 1.29 is 23.1 Å². The van der Waals surface area contributed by atoms with Gasteiger partial charge in [-0.25, -0.2) is 13.2 Å².